The van der Waals surface area contributed by atoms with Gasteiger partial charge in [0.1, 0.15) is 19.0 Å². The van der Waals surface area contributed by atoms with E-state index in [9.17, 15) is 9.59 Å². The molecular weight excluding hydrogens is 354 g/mol. The summed E-state index contributed by atoms with van der Waals surface area (Å²) < 4.78 is 7.03. The fourth-order valence-corrected chi connectivity index (χ4v) is 4.07. The summed E-state index contributed by atoms with van der Waals surface area (Å²) in [5.74, 6) is 1.39. The van der Waals surface area contributed by atoms with Gasteiger partial charge in [-0.3, -0.25) is 9.69 Å². The topological polar surface area (TPSA) is 80.6 Å². The summed E-state index contributed by atoms with van der Waals surface area (Å²) in [6.45, 7) is 3.09. The first kappa shape index (κ1) is 17.0. The van der Waals surface area contributed by atoms with Gasteiger partial charge in [-0.05, 0) is 12.8 Å². The Morgan fingerprint density at radius 1 is 1.27 bits per heavy atom. The van der Waals surface area contributed by atoms with Crippen LogP contribution in [0.15, 0.2) is 23.3 Å². The lowest BCUT2D eigenvalue weighted by atomic mass is 9.95. The van der Waals surface area contributed by atoms with Gasteiger partial charge in [0.2, 0.25) is 5.91 Å². The van der Waals surface area contributed by atoms with E-state index in [1.807, 2.05) is 22.8 Å². The van der Waals surface area contributed by atoms with E-state index in [1.165, 1.54) is 4.90 Å². The van der Waals surface area contributed by atoms with Crippen LogP contribution in [0.5, 0.6) is 0 Å². The van der Waals surface area contributed by atoms with Gasteiger partial charge in [0, 0.05) is 36.8 Å². The van der Waals surface area contributed by atoms with Crippen molar-refractivity contribution in [2.24, 2.45) is 0 Å². The van der Waals surface area contributed by atoms with Crippen LogP contribution in [0.4, 0.5) is 4.79 Å². The van der Waals surface area contributed by atoms with E-state index in [0.717, 1.165) is 30.9 Å². The smallest absolute Gasteiger partial charge is 0.410 e. The maximum atomic E-state index is 12.4. The molecule has 0 aromatic carbocycles. The Bertz CT molecular complexity index is 767. The molecule has 0 spiro atoms. The Morgan fingerprint density at radius 2 is 2.12 bits per heavy atom. The summed E-state index contributed by atoms with van der Waals surface area (Å²) in [5.41, 5.74) is 2.88. The number of carbonyl (C=O) groups is 2. The monoisotopic (exact) mass is 375 g/mol. The number of rotatable bonds is 5. The van der Waals surface area contributed by atoms with Crippen LogP contribution >= 0.6 is 11.3 Å². The lowest BCUT2D eigenvalue weighted by molar-refractivity contribution is -0.132. The van der Waals surface area contributed by atoms with Crippen LogP contribution in [0.2, 0.25) is 0 Å². The predicted octanol–water partition coefficient (Wildman–Crippen LogP) is 1.55. The lowest BCUT2D eigenvalue weighted by Gasteiger charge is -2.32. The van der Waals surface area contributed by atoms with Crippen LogP contribution < -0.4 is 0 Å². The largest absolute Gasteiger partial charge is 0.448 e. The van der Waals surface area contributed by atoms with Crippen LogP contribution in [0.3, 0.4) is 0 Å². The maximum absolute atomic E-state index is 12.4. The Hall–Kier alpha value is -2.42. The van der Waals surface area contributed by atoms with Crippen molar-refractivity contribution in [3.63, 3.8) is 0 Å². The zero-order valence-electron chi connectivity index (χ0n) is 14.4. The summed E-state index contributed by atoms with van der Waals surface area (Å²) >= 11 is 1.59. The highest BCUT2D eigenvalue weighted by Gasteiger charge is 2.30. The molecule has 0 saturated carbocycles. The van der Waals surface area contributed by atoms with Crippen LogP contribution in [-0.4, -0.2) is 69.1 Å². The molecule has 0 unspecified atom stereocenters. The maximum Gasteiger partial charge on any atom is 0.410 e. The Morgan fingerprint density at radius 3 is 2.81 bits per heavy atom. The van der Waals surface area contributed by atoms with E-state index in [2.05, 4.69) is 19.9 Å². The van der Waals surface area contributed by atoms with Crippen molar-refractivity contribution in [1.82, 2.24) is 24.3 Å². The molecule has 0 atom stereocenters. The molecule has 0 bridgehead atoms. The first-order valence-electron chi connectivity index (χ1n) is 8.78. The van der Waals surface area contributed by atoms with E-state index in [4.69, 9.17) is 4.74 Å². The minimum Gasteiger partial charge on any atom is -0.448 e. The zero-order valence-corrected chi connectivity index (χ0v) is 15.2. The van der Waals surface area contributed by atoms with Gasteiger partial charge < -0.3 is 14.2 Å². The number of aromatic nitrogens is 3. The minimum absolute atomic E-state index is 0.00638. The molecule has 9 heteroatoms. The van der Waals surface area contributed by atoms with Crippen LogP contribution in [-0.2, 0) is 16.1 Å². The second-order valence-corrected chi connectivity index (χ2v) is 7.30. The molecule has 0 radical (unpaired) electrons. The van der Waals surface area contributed by atoms with Crippen molar-refractivity contribution in [2.45, 2.75) is 25.3 Å². The van der Waals surface area contributed by atoms with Gasteiger partial charge in [0.25, 0.3) is 0 Å². The molecule has 0 N–H and O–H groups in total. The first-order valence-corrected chi connectivity index (χ1v) is 9.72. The molecule has 26 heavy (non-hydrogen) atoms. The first-order chi connectivity index (χ1) is 12.7. The summed E-state index contributed by atoms with van der Waals surface area (Å²) in [6, 6.07) is 0. The van der Waals surface area contributed by atoms with Gasteiger partial charge in [-0.1, -0.05) is 0 Å². The van der Waals surface area contributed by atoms with Crippen LogP contribution in [0, 0.1) is 0 Å². The third-order valence-corrected chi connectivity index (χ3v) is 5.58. The molecule has 0 aliphatic carbocycles. The number of nitrogens with zero attached hydrogens (tertiary/aromatic N) is 5. The molecule has 138 valence electrons. The summed E-state index contributed by atoms with van der Waals surface area (Å²) in [6.07, 6.45) is 5.19. The average Bonchev–Trinajstić information content (AvgIpc) is 3.40. The molecule has 4 heterocycles. The molecule has 8 nitrogen and oxygen atoms in total. The van der Waals surface area contributed by atoms with Crippen molar-refractivity contribution < 1.29 is 14.3 Å². The lowest BCUT2D eigenvalue weighted by Crippen LogP contribution is -2.44. The molecule has 2 amide bonds. The Labute approximate surface area is 155 Å². The number of hydrogen-bond donors (Lipinski definition) is 0. The fraction of sp³-hybridized carbons (Fsp3) is 0.529. The number of amides is 2. The van der Waals surface area contributed by atoms with Gasteiger partial charge >= 0.3 is 6.09 Å². The Kier molecular flexibility index (Phi) is 4.87. The van der Waals surface area contributed by atoms with Gasteiger partial charge in [-0.15, -0.1) is 11.3 Å². The molecule has 2 aliphatic rings. The van der Waals surface area contributed by atoms with Crippen molar-refractivity contribution in [1.29, 1.82) is 0 Å². The van der Waals surface area contributed by atoms with Crippen LogP contribution in [0.1, 0.15) is 30.3 Å². The van der Waals surface area contributed by atoms with E-state index >= 15 is 0 Å². The zero-order chi connectivity index (χ0) is 17.9. The predicted molar refractivity (Wildman–Crippen MR) is 94.9 cm³/mol. The quantitative estimate of drug-likeness (QED) is 0.792. The number of imidazole rings is 1. The van der Waals surface area contributed by atoms with E-state index in [1.54, 1.807) is 11.3 Å². The normalized spacial score (nSPS) is 18.4. The molecule has 2 saturated heterocycles. The molecule has 2 fully saturated rings. The van der Waals surface area contributed by atoms with Crippen molar-refractivity contribution >= 4 is 23.3 Å². The summed E-state index contributed by atoms with van der Waals surface area (Å²) in [4.78, 5) is 36.1. The number of carbonyl (C=O) groups excluding carboxylic acids is 2. The second-order valence-electron chi connectivity index (χ2n) is 6.58. The van der Waals surface area contributed by atoms with Crippen molar-refractivity contribution in [2.75, 3.05) is 32.8 Å². The van der Waals surface area contributed by atoms with Crippen molar-refractivity contribution in [3.05, 3.63) is 34.8 Å². The highest BCUT2D eigenvalue weighted by atomic mass is 32.1. The van der Waals surface area contributed by atoms with Crippen LogP contribution in [0.25, 0.3) is 0 Å². The fourth-order valence-electron chi connectivity index (χ4n) is 3.52. The second kappa shape index (κ2) is 7.45. The summed E-state index contributed by atoms with van der Waals surface area (Å²) in [7, 11) is 0. The van der Waals surface area contributed by atoms with Gasteiger partial charge in [0.15, 0.2) is 0 Å². The van der Waals surface area contributed by atoms with E-state index < -0.39 is 6.09 Å². The van der Waals surface area contributed by atoms with Gasteiger partial charge in [-0.25, -0.2) is 14.8 Å². The number of hydrogen-bond acceptors (Lipinski definition) is 6. The SMILES string of the molecule is O=C(CN1CCOC1=O)N1CCC(c2nccn2Cc2cscn2)CC1. The molecular formula is C17H21N5O3S. The van der Waals surface area contributed by atoms with Gasteiger partial charge in [-0.2, -0.15) is 0 Å². The third kappa shape index (κ3) is 3.57. The standard InChI is InChI=1S/C17H21N5O3S/c23-15(10-22-7-8-25-17(22)24)20-4-1-13(2-5-20)16-18-3-6-21(16)9-14-11-26-12-19-14/h3,6,11-13H,1-2,4-5,7-10H2. The molecule has 2 aromatic rings. The van der Waals surface area contributed by atoms with Crippen molar-refractivity contribution in [3.8, 4) is 0 Å². The highest BCUT2D eigenvalue weighted by Crippen LogP contribution is 2.27. The molecule has 2 aromatic heterocycles. The number of thiazole rings is 1. The van der Waals surface area contributed by atoms with E-state index in [0.29, 0.717) is 32.2 Å². The van der Waals surface area contributed by atoms with Gasteiger partial charge in [0.05, 0.1) is 24.3 Å². The number of piperidine rings is 1. The van der Waals surface area contributed by atoms with E-state index in [-0.39, 0.29) is 12.5 Å². The number of likely N-dealkylation sites (tertiary alicyclic amines) is 1. The number of ether oxygens (including phenoxy) is 1. The number of cyclic esters (lactones) is 1. The molecule has 4 rings (SSSR count). The average molecular weight is 375 g/mol. The minimum atomic E-state index is -0.391. The molecule has 2 aliphatic heterocycles. The highest BCUT2D eigenvalue weighted by molar-refractivity contribution is 7.07. The third-order valence-electron chi connectivity index (χ3n) is 4.95. The summed E-state index contributed by atoms with van der Waals surface area (Å²) in [5, 5.41) is 2.05. The Balaban J connectivity index is 1.33.